The van der Waals surface area contributed by atoms with Crippen molar-refractivity contribution in [3.05, 3.63) is 21.4 Å². The summed E-state index contributed by atoms with van der Waals surface area (Å²) in [7, 11) is 2.29. The Morgan fingerprint density at radius 2 is 1.94 bits per heavy atom. The van der Waals surface area contributed by atoms with Gasteiger partial charge in [0.05, 0.1) is 0 Å². The van der Waals surface area contributed by atoms with E-state index >= 15 is 0 Å². The zero-order valence-electron chi connectivity index (χ0n) is 11.7. The van der Waals surface area contributed by atoms with E-state index in [1.165, 1.54) is 53.8 Å². The molecule has 2 N–H and O–H groups in total. The monoisotopic (exact) mass is 266 g/mol. The van der Waals surface area contributed by atoms with E-state index in [-0.39, 0.29) is 0 Å². The first-order valence-corrected chi connectivity index (χ1v) is 8.01. The highest BCUT2D eigenvalue weighted by Crippen LogP contribution is 2.26. The Kier molecular flexibility index (Phi) is 5.22. The summed E-state index contributed by atoms with van der Waals surface area (Å²) in [6.07, 6.45) is 8.43. The molecule has 0 aromatic carbocycles. The van der Waals surface area contributed by atoms with Crippen LogP contribution < -0.4 is 5.73 Å². The Labute approximate surface area is 115 Å². The third kappa shape index (κ3) is 3.56. The molecule has 0 atom stereocenters. The lowest BCUT2D eigenvalue weighted by atomic mass is 10.1. The van der Waals surface area contributed by atoms with E-state index in [0.29, 0.717) is 6.54 Å². The average Bonchev–Trinajstić information content (AvgIpc) is 2.59. The van der Waals surface area contributed by atoms with Crippen molar-refractivity contribution in [2.75, 3.05) is 7.05 Å². The van der Waals surface area contributed by atoms with Gasteiger partial charge in [-0.15, -0.1) is 11.3 Å². The highest BCUT2D eigenvalue weighted by Gasteiger charge is 2.18. The Bertz CT molecular complexity index is 365. The maximum atomic E-state index is 5.72. The Hall–Kier alpha value is -0.380. The maximum absolute atomic E-state index is 5.72. The normalized spacial score (nSPS) is 18.2. The fourth-order valence-electron chi connectivity index (χ4n) is 2.94. The van der Waals surface area contributed by atoms with Crippen LogP contribution in [0.25, 0.3) is 0 Å². The lowest BCUT2D eigenvalue weighted by Gasteiger charge is -2.27. The van der Waals surface area contributed by atoms with Crippen molar-refractivity contribution in [3.8, 4) is 0 Å². The first-order valence-electron chi connectivity index (χ1n) is 7.19. The number of hydrogen-bond acceptors (Lipinski definition) is 3. The lowest BCUT2D eigenvalue weighted by molar-refractivity contribution is 0.213. The fourth-order valence-corrected chi connectivity index (χ4v) is 3.87. The topological polar surface area (TPSA) is 29.3 Å². The van der Waals surface area contributed by atoms with Crippen molar-refractivity contribution in [3.63, 3.8) is 0 Å². The van der Waals surface area contributed by atoms with Crippen molar-refractivity contribution in [2.45, 2.75) is 64.6 Å². The molecule has 0 spiro atoms. The highest BCUT2D eigenvalue weighted by molar-refractivity contribution is 7.12. The number of thiophene rings is 1. The van der Waals surface area contributed by atoms with Gasteiger partial charge in [0.15, 0.2) is 0 Å². The smallest absolute Gasteiger partial charge is 0.0274 e. The molecule has 1 aliphatic rings. The van der Waals surface area contributed by atoms with E-state index in [9.17, 15) is 0 Å². The van der Waals surface area contributed by atoms with Crippen LogP contribution in [-0.2, 0) is 13.1 Å². The molecule has 2 nitrogen and oxygen atoms in total. The molecular formula is C15H26N2S. The number of nitrogens with two attached hydrogens (primary N) is 1. The first kappa shape index (κ1) is 14.0. The standard InChI is InChI=1S/C15H26N2S/c1-12-13(9-15(10-16)18-12)11-17(2)14-7-5-3-4-6-8-14/h9,14H,3-8,10-11,16H2,1-2H3. The molecule has 1 aromatic rings. The zero-order chi connectivity index (χ0) is 13.0. The van der Waals surface area contributed by atoms with Crippen molar-refractivity contribution < 1.29 is 0 Å². The van der Waals surface area contributed by atoms with Crippen LogP contribution in [0.1, 0.15) is 53.8 Å². The van der Waals surface area contributed by atoms with E-state index in [2.05, 4.69) is 24.9 Å². The van der Waals surface area contributed by atoms with Gasteiger partial charge >= 0.3 is 0 Å². The summed E-state index contributed by atoms with van der Waals surface area (Å²) in [5, 5.41) is 0. The lowest BCUT2D eigenvalue weighted by Crippen LogP contribution is -2.30. The molecule has 0 unspecified atom stereocenters. The molecule has 1 fully saturated rings. The Morgan fingerprint density at radius 3 is 2.50 bits per heavy atom. The number of rotatable bonds is 4. The quantitative estimate of drug-likeness (QED) is 0.843. The third-order valence-electron chi connectivity index (χ3n) is 4.14. The molecule has 1 saturated carbocycles. The minimum Gasteiger partial charge on any atom is -0.326 e. The van der Waals surface area contributed by atoms with Crippen LogP contribution in [0.15, 0.2) is 6.07 Å². The largest absolute Gasteiger partial charge is 0.326 e. The molecule has 1 aliphatic carbocycles. The van der Waals surface area contributed by atoms with Gasteiger partial charge in [-0.05, 0) is 38.4 Å². The van der Waals surface area contributed by atoms with Gasteiger partial charge in [-0.1, -0.05) is 25.7 Å². The number of hydrogen-bond donors (Lipinski definition) is 1. The summed E-state index contributed by atoms with van der Waals surface area (Å²) in [5.41, 5.74) is 7.20. The molecule has 1 aromatic heterocycles. The zero-order valence-corrected chi connectivity index (χ0v) is 12.6. The predicted molar refractivity (Wildman–Crippen MR) is 79.9 cm³/mol. The van der Waals surface area contributed by atoms with Gasteiger partial charge in [0.25, 0.3) is 0 Å². The van der Waals surface area contributed by atoms with Gasteiger partial charge in [-0.2, -0.15) is 0 Å². The van der Waals surface area contributed by atoms with E-state index in [1.54, 1.807) is 0 Å². The van der Waals surface area contributed by atoms with Crippen LogP contribution in [-0.4, -0.2) is 18.0 Å². The third-order valence-corrected chi connectivity index (χ3v) is 5.26. The molecule has 2 rings (SSSR count). The molecular weight excluding hydrogens is 240 g/mol. The summed E-state index contributed by atoms with van der Waals surface area (Å²) in [6.45, 7) is 3.99. The molecule has 0 aliphatic heterocycles. The molecule has 1 heterocycles. The number of nitrogens with zero attached hydrogens (tertiary/aromatic N) is 1. The Balaban J connectivity index is 1.96. The second-order valence-corrected chi connectivity index (χ2v) is 6.90. The molecule has 18 heavy (non-hydrogen) atoms. The molecule has 3 heteroatoms. The van der Waals surface area contributed by atoms with Crippen LogP contribution in [0.5, 0.6) is 0 Å². The second-order valence-electron chi connectivity index (χ2n) is 5.56. The van der Waals surface area contributed by atoms with Gasteiger partial charge < -0.3 is 5.73 Å². The Morgan fingerprint density at radius 1 is 1.28 bits per heavy atom. The molecule has 102 valence electrons. The number of aryl methyl sites for hydroxylation is 1. The second kappa shape index (κ2) is 6.69. The van der Waals surface area contributed by atoms with Gasteiger partial charge in [-0.25, -0.2) is 0 Å². The first-order chi connectivity index (χ1) is 8.70. The van der Waals surface area contributed by atoms with Crippen LogP contribution >= 0.6 is 11.3 Å². The van der Waals surface area contributed by atoms with Gasteiger partial charge in [0.1, 0.15) is 0 Å². The van der Waals surface area contributed by atoms with Crippen molar-refractivity contribution in [2.24, 2.45) is 5.73 Å². The minimum absolute atomic E-state index is 0.679. The van der Waals surface area contributed by atoms with Crippen LogP contribution in [0.2, 0.25) is 0 Å². The molecule has 0 saturated heterocycles. The average molecular weight is 266 g/mol. The highest BCUT2D eigenvalue weighted by atomic mass is 32.1. The van der Waals surface area contributed by atoms with Crippen molar-refractivity contribution in [1.82, 2.24) is 4.90 Å². The van der Waals surface area contributed by atoms with Crippen LogP contribution in [0.4, 0.5) is 0 Å². The van der Waals surface area contributed by atoms with E-state index in [1.807, 2.05) is 11.3 Å². The van der Waals surface area contributed by atoms with E-state index in [0.717, 1.165) is 12.6 Å². The molecule has 0 radical (unpaired) electrons. The maximum Gasteiger partial charge on any atom is 0.0274 e. The van der Waals surface area contributed by atoms with Crippen molar-refractivity contribution >= 4 is 11.3 Å². The fraction of sp³-hybridized carbons (Fsp3) is 0.733. The summed E-state index contributed by atoms with van der Waals surface area (Å²) < 4.78 is 0. The SMILES string of the molecule is Cc1sc(CN)cc1CN(C)C1CCCCCC1. The van der Waals surface area contributed by atoms with Gasteiger partial charge in [0.2, 0.25) is 0 Å². The van der Waals surface area contributed by atoms with Crippen LogP contribution in [0.3, 0.4) is 0 Å². The van der Waals surface area contributed by atoms with E-state index < -0.39 is 0 Å². The summed E-state index contributed by atoms with van der Waals surface area (Å²) in [5.74, 6) is 0. The molecule has 0 amide bonds. The summed E-state index contributed by atoms with van der Waals surface area (Å²) >= 11 is 1.86. The van der Waals surface area contributed by atoms with Crippen LogP contribution in [0, 0.1) is 6.92 Å². The predicted octanol–water partition coefficient (Wildman–Crippen LogP) is 3.67. The summed E-state index contributed by atoms with van der Waals surface area (Å²) in [6, 6.07) is 3.08. The molecule has 0 bridgehead atoms. The summed E-state index contributed by atoms with van der Waals surface area (Å²) in [4.78, 5) is 5.31. The van der Waals surface area contributed by atoms with Crippen molar-refractivity contribution in [1.29, 1.82) is 0 Å². The van der Waals surface area contributed by atoms with Gasteiger partial charge in [0, 0.05) is 28.9 Å². The van der Waals surface area contributed by atoms with E-state index in [4.69, 9.17) is 5.73 Å². The van der Waals surface area contributed by atoms with Gasteiger partial charge in [-0.3, -0.25) is 4.90 Å². The minimum atomic E-state index is 0.679.